The standard InChI is InChI=1S/C6H7NO3S2.C5H10O.C5H8O.C4H11N.C4H10O.C4H8O.3C3H8O.3C3H6O.C3H8.C2H6O2S/c1-5(8)7-12(9,10)6-3-2-4-11-6;2*1-3-4-5(2)6;1-4-5(2)3;1-4(2,3)5;1-3-4(2)5;1-3-4-2;5*1-3(2)4;1-3-2;1-5(2,3)4/h2-4H,1H3,(H,7,8);3-4H2,1-2H3;3-4H,1-2H3;4H2,1-3H3;5H,1-3H3;3H2,1-2H3;3H2,1-2H3;2*3-4H,1-2H3;3*1-2H3;3H2,1-2H3;1-2H3/b;;4-3+;;;;;;;;;;;. The summed E-state index contributed by atoms with van der Waals surface area (Å²) in [7, 11) is -0.472. The lowest BCUT2D eigenvalue weighted by Crippen LogP contribution is -2.27. The fourth-order valence-corrected chi connectivity index (χ4v) is 3.23. The zero-order chi connectivity index (χ0) is 60.8. The first-order chi connectivity index (χ1) is 31.6. The van der Waals surface area contributed by atoms with Crippen molar-refractivity contribution in [3.8, 4) is 0 Å². The Morgan fingerprint density at radius 1 is 0.718 bits per heavy atom. The molecule has 0 saturated carbocycles. The molecule has 0 aliphatic heterocycles. The van der Waals surface area contributed by atoms with Gasteiger partial charge in [-0.25, -0.2) is 21.6 Å². The van der Waals surface area contributed by atoms with E-state index in [0.717, 1.165) is 56.8 Å². The Bertz CT molecular complexity index is 1480. The molecule has 0 saturated heterocycles. The van der Waals surface area contributed by atoms with E-state index in [4.69, 9.17) is 15.3 Å². The maximum absolute atomic E-state index is 11.2. The van der Waals surface area contributed by atoms with Crippen molar-refractivity contribution < 1.29 is 70.5 Å². The lowest BCUT2D eigenvalue weighted by atomic mass is 10.2. The van der Waals surface area contributed by atoms with Crippen molar-refractivity contribution >= 4 is 71.8 Å². The van der Waals surface area contributed by atoms with Crippen LogP contribution in [0.1, 0.15) is 192 Å². The molecule has 71 heavy (non-hydrogen) atoms. The van der Waals surface area contributed by atoms with Crippen LogP contribution in [-0.4, -0.2) is 142 Å². The van der Waals surface area contributed by atoms with Crippen LogP contribution in [0.3, 0.4) is 0 Å². The van der Waals surface area contributed by atoms with Crippen molar-refractivity contribution in [3.63, 3.8) is 0 Å². The van der Waals surface area contributed by atoms with Crippen LogP contribution in [0.2, 0.25) is 0 Å². The fraction of sp³-hybridized carbons (Fsp3) is 0.745. The summed E-state index contributed by atoms with van der Waals surface area (Å²) in [6.07, 6.45) is 8.87. The number of nitrogens with zero attached hydrogens (tertiary/aromatic N) is 1. The second kappa shape index (κ2) is 75.6. The number of aliphatic hydroxyl groups excluding tert-OH is 2. The minimum Gasteiger partial charge on any atom is -0.394 e. The van der Waals surface area contributed by atoms with Gasteiger partial charge in [-0.2, -0.15) is 0 Å². The number of aliphatic hydroxyl groups is 3. The van der Waals surface area contributed by atoms with Crippen LogP contribution in [0.5, 0.6) is 0 Å². The average molecular weight is 1090 g/mol. The van der Waals surface area contributed by atoms with Gasteiger partial charge in [0.2, 0.25) is 5.91 Å². The summed E-state index contributed by atoms with van der Waals surface area (Å²) in [6.45, 7) is 43.1. The number of ether oxygens (including phenoxy) is 1. The monoisotopic (exact) mass is 1090 g/mol. The van der Waals surface area contributed by atoms with Gasteiger partial charge in [0.05, 0.1) is 5.60 Å². The molecule has 0 aliphatic carbocycles. The number of ketones is 6. The van der Waals surface area contributed by atoms with Crippen LogP contribution in [0, 0.1) is 0 Å². The zero-order valence-electron chi connectivity index (χ0n) is 50.2. The third-order valence-corrected chi connectivity index (χ3v) is 6.29. The number of sulfonamides is 1. The van der Waals surface area contributed by atoms with E-state index in [1.54, 1.807) is 86.9 Å². The molecule has 432 valence electrons. The molecule has 17 nitrogen and oxygen atoms in total. The predicted octanol–water partition coefficient (Wildman–Crippen LogP) is 9.72. The van der Waals surface area contributed by atoms with Gasteiger partial charge >= 0.3 is 0 Å². The third kappa shape index (κ3) is 424. The van der Waals surface area contributed by atoms with E-state index in [2.05, 4.69) is 44.5 Å². The van der Waals surface area contributed by atoms with Gasteiger partial charge in [-0.05, 0) is 169 Å². The number of sulfone groups is 1. The molecule has 0 radical (unpaired) electrons. The van der Waals surface area contributed by atoms with Gasteiger partial charge in [-0.3, -0.25) is 9.59 Å². The molecule has 0 spiro atoms. The summed E-state index contributed by atoms with van der Waals surface area (Å²) in [5.74, 6) is 0.573. The highest BCUT2D eigenvalue weighted by Crippen LogP contribution is 2.14. The molecule has 0 atom stereocenters. The molecule has 0 bridgehead atoms. The Hall–Kier alpha value is -3.37. The van der Waals surface area contributed by atoms with Crippen molar-refractivity contribution in [1.29, 1.82) is 0 Å². The SMILES string of the molecule is C/C=C/C(C)=O.CC(=O)NS(=O)(=O)c1cccs1.CC(C)(C)O.CC(C)=O.CC(C)=O.CC(C)=O.CC(C)O.CC(C)O.CCC.CCC(C)=O.CCCC(C)=O.CCN(C)C.CCOC.CS(C)(=O)=O. The first kappa shape index (κ1) is 101. The molecule has 4 N–H and O–H groups in total. The summed E-state index contributed by atoms with van der Waals surface area (Å²) in [5, 5.41) is 26.3. The van der Waals surface area contributed by atoms with E-state index in [1.807, 2.05) is 32.4 Å². The molecule has 0 fully saturated rings. The van der Waals surface area contributed by atoms with Crippen LogP contribution >= 0.6 is 11.3 Å². The number of nitrogens with one attached hydrogen (secondary N) is 1. The summed E-state index contributed by atoms with van der Waals surface area (Å²) in [6, 6.07) is 3.05. The van der Waals surface area contributed by atoms with Gasteiger partial charge < -0.3 is 48.9 Å². The van der Waals surface area contributed by atoms with Crippen molar-refractivity contribution in [3.05, 3.63) is 29.7 Å². The number of carbonyl (C=O) groups excluding carboxylic acids is 7. The second-order valence-electron chi connectivity index (χ2n) is 16.6. The number of amides is 1. The van der Waals surface area contributed by atoms with Crippen LogP contribution in [0.15, 0.2) is 33.9 Å². The van der Waals surface area contributed by atoms with Gasteiger partial charge in [0.1, 0.15) is 43.0 Å². The van der Waals surface area contributed by atoms with Crippen LogP contribution in [0.4, 0.5) is 0 Å². The van der Waals surface area contributed by atoms with Gasteiger partial charge in [-0.1, -0.05) is 53.2 Å². The molecule has 0 aromatic carbocycles. The van der Waals surface area contributed by atoms with Gasteiger partial charge in [0, 0.05) is 58.2 Å². The van der Waals surface area contributed by atoms with Crippen LogP contribution in [-0.2, 0) is 58.2 Å². The van der Waals surface area contributed by atoms with Gasteiger partial charge in [0.15, 0.2) is 5.78 Å². The number of allylic oxidation sites excluding steroid dienone is 2. The number of methoxy groups -OCH3 is 1. The Morgan fingerprint density at radius 3 is 1.03 bits per heavy atom. The van der Waals surface area contributed by atoms with Gasteiger partial charge in [0.25, 0.3) is 10.0 Å². The quantitative estimate of drug-likeness (QED) is 0.176. The summed E-state index contributed by atoms with van der Waals surface area (Å²) in [5.41, 5.74) is -0.500. The maximum atomic E-state index is 11.2. The summed E-state index contributed by atoms with van der Waals surface area (Å²) < 4.78 is 48.2. The largest absolute Gasteiger partial charge is 0.394 e. The first-order valence-electron chi connectivity index (χ1n) is 23.1. The number of Topliss-reactive ketones (excluding diaryl/α,β-unsaturated/α-hetero) is 5. The Labute approximate surface area is 440 Å². The normalized spacial score (nSPS) is 9.06. The molecule has 0 unspecified atom stereocenters. The highest BCUT2D eigenvalue weighted by Gasteiger charge is 2.15. The minimum absolute atomic E-state index is 0.109. The van der Waals surface area contributed by atoms with Crippen molar-refractivity contribution in [2.24, 2.45) is 0 Å². The molecule has 1 aromatic rings. The van der Waals surface area contributed by atoms with E-state index in [1.165, 1.54) is 67.0 Å². The lowest BCUT2D eigenvalue weighted by Gasteiger charge is -2.04. The number of thiophene rings is 1. The van der Waals surface area contributed by atoms with Crippen molar-refractivity contribution in [1.82, 2.24) is 9.62 Å². The summed E-state index contributed by atoms with van der Waals surface area (Å²) in [4.78, 5) is 70.7. The lowest BCUT2D eigenvalue weighted by molar-refractivity contribution is -0.118. The van der Waals surface area contributed by atoms with E-state index < -0.39 is 31.4 Å². The molecular formula is C51H110N2O15S3. The number of hydrogen-bond acceptors (Lipinski definition) is 17. The van der Waals surface area contributed by atoms with Crippen LogP contribution < -0.4 is 4.72 Å². The molecule has 20 heteroatoms. The van der Waals surface area contributed by atoms with Crippen LogP contribution in [0.25, 0.3) is 0 Å². The van der Waals surface area contributed by atoms with E-state index >= 15 is 0 Å². The topological polar surface area (TPSA) is 273 Å². The van der Waals surface area contributed by atoms with Crippen molar-refractivity contribution in [2.45, 2.75) is 214 Å². The molecular weight excluding hydrogens is 977 g/mol. The Kier molecular flexibility index (Phi) is 107. The van der Waals surface area contributed by atoms with Crippen molar-refractivity contribution in [2.75, 3.05) is 46.9 Å². The molecule has 0 aliphatic rings. The minimum atomic E-state index is -3.60. The average Bonchev–Trinajstić information content (AvgIpc) is 3.67. The van der Waals surface area contributed by atoms with E-state index in [-0.39, 0.29) is 51.1 Å². The van der Waals surface area contributed by atoms with Gasteiger partial charge in [-0.15, -0.1) is 11.3 Å². The molecule has 1 rings (SSSR count). The summed E-state index contributed by atoms with van der Waals surface area (Å²) >= 11 is 1.07. The molecule has 1 amide bonds. The second-order valence-corrected chi connectivity index (χ2v) is 21.8. The number of hydrogen-bond donors (Lipinski definition) is 4. The smallest absolute Gasteiger partial charge is 0.273 e. The highest BCUT2D eigenvalue weighted by atomic mass is 32.2. The van der Waals surface area contributed by atoms with E-state index in [9.17, 15) is 50.4 Å². The Morgan fingerprint density at radius 2 is 0.958 bits per heavy atom. The zero-order valence-corrected chi connectivity index (χ0v) is 52.6. The third-order valence-electron chi connectivity index (χ3n) is 3.46. The fourth-order valence-electron chi connectivity index (χ4n) is 1.24. The maximum Gasteiger partial charge on any atom is 0.273 e. The number of rotatable bonds is 8. The highest BCUT2D eigenvalue weighted by molar-refractivity contribution is 7.92. The molecule has 1 aromatic heterocycles. The predicted molar refractivity (Wildman–Crippen MR) is 302 cm³/mol. The van der Waals surface area contributed by atoms with E-state index in [0.29, 0.717) is 6.42 Å². The first-order valence-corrected chi connectivity index (χ1v) is 27.7. The Balaban J connectivity index is -0.0000000473. The molecule has 1 heterocycles. The number of carbonyl (C=O) groups is 7.